The van der Waals surface area contributed by atoms with E-state index in [-0.39, 0.29) is 5.66 Å². The second-order valence-electron chi connectivity index (χ2n) is 5.91. The van der Waals surface area contributed by atoms with Crippen LogP contribution in [0.1, 0.15) is 17.8 Å². The molecule has 1 aliphatic heterocycles. The maximum Gasteiger partial charge on any atom is 0.199 e. The van der Waals surface area contributed by atoms with Gasteiger partial charge in [-0.05, 0) is 60.0 Å². The molecule has 0 aliphatic carbocycles. The van der Waals surface area contributed by atoms with E-state index in [2.05, 4.69) is 5.16 Å². The SMILES string of the molecule is COc1ccc(P2(=S)CC(CC(c3ccco3)P(=S)(OC)OC)=NO2)cc1. The smallest absolute Gasteiger partial charge is 0.199 e. The first kappa shape index (κ1) is 20.7. The lowest BCUT2D eigenvalue weighted by Crippen LogP contribution is -2.13. The molecule has 0 radical (unpaired) electrons. The Morgan fingerprint density at radius 2 is 1.89 bits per heavy atom. The Labute approximate surface area is 169 Å². The number of hydrogen-bond donors (Lipinski definition) is 0. The van der Waals surface area contributed by atoms with E-state index in [0.717, 1.165) is 22.5 Å². The Balaban J connectivity index is 1.80. The molecule has 1 aliphatic rings. The third-order valence-corrected chi connectivity index (χ3v) is 11.7. The van der Waals surface area contributed by atoms with Crippen molar-refractivity contribution in [2.24, 2.45) is 5.16 Å². The molecule has 2 atom stereocenters. The molecular weight excluding hydrogens is 424 g/mol. The summed E-state index contributed by atoms with van der Waals surface area (Å²) >= 11 is 11.5. The highest BCUT2D eigenvalue weighted by atomic mass is 32.5. The molecule has 0 saturated carbocycles. The van der Waals surface area contributed by atoms with E-state index in [1.807, 2.05) is 36.4 Å². The minimum atomic E-state index is -2.59. The minimum Gasteiger partial charge on any atom is -0.497 e. The molecule has 27 heavy (non-hydrogen) atoms. The van der Waals surface area contributed by atoms with Gasteiger partial charge in [0.05, 0.1) is 30.9 Å². The Morgan fingerprint density at radius 3 is 2.44 bits per heavy atom. The number of furan rings is 1. The summed E-state index contributed by atoms with van der Waals surface area (Å²) in [7, 11) is 4.76. The molecule has 0 bridgehead atoms. The monoisotopic (exact) mass is 445 g/mol. The Kier molecular flexibility index (Phi) is 6.57. The summed E-state index contributed by atoms with van der Waals surface area (Å²) in [6.07, 6.45) is 0.435. The van der Waals surface area contributed by atoms with Crippen molar-refractivity contribution >= 4 is 47.4 Å². The fourth-order valence-electron chi connectivity index (χ4n) is 2.87. The summed E-state index contributed by atoms with van der Waals surface area (Å²) in [5.74, 6) is 1.49. The molecule has 2 aromatic rings. The first-order valence-corrected chi connectivity index (χ1v) is 13.8. The van der Waals surface area contributed by atoms with Crippen LogP contribution in [-0.2, 0) is 37.3 Å². The van der Waals surface area contributed by atoms with E-state index in [1.54, 1.807) is 27.6 Å². The molecule has 6 nitrogen and oxygen atoms in total. The lowest BCUT2D eigenvalue weighted by atomic mass is 10.2. The minimum absolute atomic E-state index is 0.253. The van der Waals surface area contributed by atoms with Gasteiger partial charge in [0.25, 0.3) is 0 Å². The lowest BCUT2D eigenvalue weighted by molar-refractivity contribution is 0.321. The van der Waals surface area contributed by atoms with E-state index >= 15 is 0 Å². The molecule has 0 fully saturated rings. The number of oxime groups is 1. The fourth-order valence-corrected chi connectivity index (χ4v) is 7.72. The van der Waals surface area contributed by atoms with Gasteiger partial charge in [-0.3, -0.25) is 0 Å². The van der Waals surface area contributed by atoms with Crippen molar-refractivity contribution in [3.63, 3.8) is 0 Å². The normalized spacial score (nSPS) is 20.8. The average Bonchev–Trinajstić information content (AvgIpc) is 3.36. The van der Waals surface area contributed by atoms with Gasteiger partial charge in [0.1, 0.15) is 11.5 Å². The van der Waals surface area contributed by atoms with Gasteiger partial charge in [0.15, 0.2) is 12.8 Å². The molecule has 2 heterocycles. The second-order valence-corrected chi connectivity index (χ2v) is 14.0. The van der Waals surface area contributed by atoms with Crippen LogP contribution in [-0.4, -0.2) is 33.2 Å². The van der Waals surface area contributed by atoms with Crippen LogP contribution in [0.15, 0.2) is 52.2 Å². The molecule has 3 rings (SSSR count). The molecule has 2 unspecified atom stereocenters. The molecule has 146 valence electrons. The zero-order chi connectivity index (χ0) is 19.5. The van der Waals surface area contributed by atoms with Crippen molar-refractivity contribution in [3.05, 3.63) is 48.4 Å². The molecule has 0 saturated heterocycles. The summed E-state index contributed by atoms with van der Waals surface area (Å²) in [5.41, 5.74) is 0.594. The van der Waals surface area contributed by atoms with Crippen LogP contribution in [0.3, 0.4) is 0 Å². The number of rotatable bonds is 8. The van der Waals surface area contributed by atoms with Crippen molar-refractivity contribution < 1.29 is 22.8 Å². The molecule has 10 heteroatoms. The van der Waals surface area contributed by atoms with E-state index in [9.17, 15) is 0 Å². The van der Waals surface area contributed by atoms with Crippen molar-refractivity contribution in [1.29, 1.82) is 0 Å². The highest BCUT2D eigenvalue weighted by molar-refractivity contribution is 8.16. The van der Waals surface area contributed by atoms with Crippen LogP contribution in [0.2, 0.25) is 0 Å². The van der Waals surface area contributed by atoms with Gasteiger partial charge in [-0.2, -0.15) is 0 Å². The third kappa shape index (κ3) is 4.37. The highest BCUT2D eigenvalue weighted by Crippen LogP contribution is 2.63. The average molecular weight is 445 g/mol. The maximum absolute atomic E-state index is 5.82. The Bertz CT molecular complexity index is 891. The van der Waals surface area contributed by atoms with Crippen LogP contribution in [0, 0.1) is 0 Å². The quantitative estimate of drug-likeness (QED) is 0.557. The Morgan fingerprint density at radius 1 is 1.19 bits per heavy atom. The summed E-state index contributed by atoms with van der Waals surface area (Å²) in [6, 6.07) is 11.3. The van der Waals surface area contributed by atoms with Crippen molar-refractivity contribution in [2.45, 2.75) is 12.1 Å². The topological polar surface area (TPSA) is 62.4 Å². The van der Waals surface area contributed by atoms with Crippen molar-refractivity contribution in [2.75, 3.05) is 27.5 Å². The number of methoxy groups -OCH3 is 1. The predicted molar refractivity (Wildman–Crippen MR) is 115 cm³/mol. The molecule has 1 aromatic heterocycles. The van der Waals surface area contributed by atoms with Crippen LogP contribution in [0.25, 0.3) is 0 Å². The zero-order valence-electron chi connectivity index (χ0n) is 15.2. The number of hydrogen-bond acceptors (Lipinski definition) is 8. The summed E-state index contributed by atoms with van der Waals surface area (Å²) in [4.78, 5) is 0. The van der Waals surface area contributed by atoms with Gasteiger partial charge < -0.3 is 22.8 Å². The van der Waals surface area contributed by atoms with E-state index < -0.39 is 12.8 Å². The van der Waals surface area contributed by atoms with Crippen molar-refractivity contribution in [1.82, 2.24) is 0 Å². The first-order valence-electron chi connectivity index (χ1n) is 8.17. The van der Waals surface area contributed by atoms with Gasteiger partial charge in [-0.25, -0.2) is 0 Å². The standard InChI is InChI=1S/C17H21NO5P2S2/c1-19-14-6-8-15(9-7-14)24(26)12-13(18-23-24)11-17(16-5-4-10-22-16)25(27,20-2)21-3/h4-10,17H,11-12H2,1-3H3. The maximum atomic E-state index is 5.82. The van der Waals surface area contributed by atoms with Crippen LogP contribution in [0.4, 0.5) is 0 Å². The van der Waals surface area contributed by atoms with Crippen LogP contribution < -0.4 is 10.0 Å². The first-order chi connectivity index (χ1) is 12.9. The number of ether oxygens (including phenoxy) is 1. The molecular formula is C17H21NO5P2S2. The van der Waals surface area contributed by atoms with Crippen LogP contribution in [0.5, 0.6) is 5.75 Å². The second kappa shape index (κ2) is 8.56. The fraction of sp³-hybridized carbons (Fsp3) is 0.353. The van der Waals surface area contributed by atoms with Crippen molar-refractivity contribution in [3.8, 4) is 5.75 Å². The summed E-state index contributed by atoms with van der Waals surface area (Å²) in [6.45, 7) is -2.59. The molecule has 0 amide bonds. The van der Waals surface area contributed by atoms with Gasteiger partial charge in [-0.15, -0.1) is 0 Å². The van der Waals surface area contributed by atoms with E-state index in [4.69, 9.17) is 46.4 Å². The summed E-state index contributed by atoms with van der Waals surface area (Å²) in [5, 5.41) is 5.25. The highest BCUT2D eigenvalue weighted by Gasteiger charge is 2.38. The molecule has 0 N–H and O–H groups in total. The predicted octanol–water partition coefficient (Wildman–Crippen LogP) is 4.43. The molecule has 0 spiro atoms. The van der Waals surface area contributed by atoms with E-state index in [0.29, 0.717) is 12.6 Å². The summed E-state index contributed by atoms with van der Waals surface area (Å²) < 4.78 is 27.7. The zero-order valence-corrected chi connectivity index (χ0v) is 18.7. The van der Waals surface area contributed by atoms with E-state index in [1.165, 1.54) is 0 Å². The van der Waals surface area contributed by atoms with Gasteiger partial charge in [0.2, 0.25) is 0 Å². The third-order valence-electron chi connectivity index (χ3n) is 4.35. The lowest BCUT2D eigenvalue weighted by Gasteiger charge is -2.26. The number of nitrogens with zero attached hydrogens (tertiary/aromatic N) is 1. The van der Waals surface area contributed by atoms with Gasteiger partial charge in [-0.1, -0.05) is 5.16 Å². The number of benzene rings is 1. The Hall–Kier alpha value is -1.01. The van der Waals surface area contributed by atoms with Crippen LogP contribution >= 0.6 is 12.8 Å². The van der Waals surface area contributed by atoms with Gasteiger partial charge >= 0.3 is 0 Å². The largest absolute Gasteiger partial charge is 0.497 e. The molecule has 1 aromatic carbocycles. The van der Waals surface area contributed by atoms with Gasteiger partial charge in [0, 0.05) is 25.9 Å².